The molecule has 0 radical (unpaired) electrons. The van der Waals surface area contributed by atoms with Gasteiger partial charge >= 0.3 is 0 Å². The number of aliphatic hydroxyl groups is 1. The predicted octanol–water partition coefficient (Wildman–Crippen LogP) is 2.38. The molecule has 0 aromatic heterocycles. The smallest absolute Gasteiger partial charge is 0.191 e. The van der Waals surface area contributed by atoms with Gasteiger partial charge in [0.05, 0.1) is 12.1 Å². The summed E-state index contributed by atoms with van der Waals surface area (Å²) in [4.78, 5) is 4.57. The summed E-state index contributed by atoms with van der Waals surface area (Å²) in [6.45, 7) is 8.73. The molecule has 1 saturated carbocycles. The van der Waals surface area contributed by atoms with Crippen LogP contribution in [0.15, 0.2) is 4.99 Å². The Hall–Kier alpha value is -0.420. The summed E-state index contributed by atoms with van der Waals surface area (Å²) >= 11 is 1.85. The van der Waals surface area contributed by atoms with Gasteiger partial charge in [-0.3, -0.25) is 4.99 Å². The fourth-order valence-corrected chi connectivity index (χ4v) is 3.54. The van der Waals surface area contributed by atoms with Crippen molar-refractivity contribution in [3.05, 3.63) is 0 Å². The van der Waals surface area contributed by atoms with Gasteiger partial charge in [0.15, 0.2) is 5.96 Å². The molecule has 0 heterocycles. The molecule has 0 saturated heterocycles. The number of nitrogens with zero attached hydrogens (tertiary/aromatic N) is 1. The van der Waals surface area contributed by atoms with E-state index in [0.29, 0.717) is 11.8 Å². The van der Waals surface area contributed by atoms with Gasteiger partial charge in [-0.25, -0.2) is 0 Å². The zero-order valence-electron chi connectivity index (χ0n) is 13.2. The van der Waals surface area contributed by atoms with Crippen molar-refractivity contribution in [2.45, 2.75) is 63.7 Å². The monoisotopic (exact) mass is 301 g/mol. The molecule has 5 heteroatoms. The summed E-state index contributed by atoms with van der Waals surface area (Å²) in [5.74, 6) is 1.90. The fourth-order valence-electron chi connectivity index (χ4n) is 2.36. The lowest BCUT2D eigenvalue weighted by atomic mass is 9.79. The molecule has 0 bridgehead atoms. The van der Waals surface area contributed by atoms with E-state index in [0.717, 1.165) is 37.6 Å². The molecular weight excluding hydrogens is 270 g/mol. The quantitative estimate of drug-likeness (QED) is 0.348. The molecule has 0 aromatic carbocycles. The topological polar surface area (TPSA) is 56.7 Å². The first-order valence-electron chi connectivity index (χ1n) is 8.02. The van der Waals surface area contributed by atoms with Crippen molar-refractivity contribution >= 4 is 17.7 Å². The Morgan fingerprint density at radius 3 is 2.65 bits per heavy atom. The van der Waals surface area contributed by atoms with Crippen molar-refractivity contribution in [2.75, 3.05) is 25.4 Å². The van der Waals surface area contributed by atoms with Crippen LogP contribution in [0.1, 0.15) is 52.9 Å². The van der Waals surface area contributed by atoms with Gasteiger partial charge in [-0.2, -0.15) is 11.8 Å². The first-order valence-corrected chi connectivity index (χ1v) is 9.07. The second-order valence-corrected chi connectivity index (χ2v) is 6.90. The number of hydrogen-bond donors (Lipinski definition) is 3. The molecule has 1 rings (SSSR count). The third kappa shape index (κ3) is 5.52. The number of thioether (sulfide) groups is 1. The third-order valence-corrected chi connectivity index (χ3v) is 5.14. The Balaban J connectivity index is 2.41. The molecule has 1 fully saturated rings. The van der Waals surface area contributed by atoms with Crippen LogP contribution in [0.25, 0.3) is 0 Å². The Bertz CT molecular complexity index is 299. The van der Waals surface area contributed by atoms with Crippen molar-refractivity contribution in [1.29, 1.82) is 0 Å². The number of hydrogen-bond acceptors (Lipinski definition) is 3. The minimum Gasteiger partial charge on any atom is -0.387 e. The summed E-state index contributed by atoms with van der Waals surface area (Å²) in [7, 11) is 0. The van der Waals surface area contributed by atoms with E-state index in [1.54, 1.807) is 0 Å². The first-order chi connectivity index (χ1) is 9.66. The summed E-state index contributed by atoms with van der Waals surface area (Å²) in [6.07, 6.45) is 5.63. The van der Waals surface area contributed by atoms with Crippen molar-refractivity contribution < 1.29 is 5.11 Å². The molecule has 0 amide bonds. The maximum Gasteiger partial charge on any atom is 0.191 e. The Labute approximate surface area is 128 Å². The molecule has 0 spiro atoms. The van der Waals surface area contributed by atoms with Crippen molar-refractivity contribution in [3.63, 3.8) is 0 Å². The van der Waals surface area contributed by atoms with Crippen LogP contribution in [0.5, 0.6) is 0 Å². The van der Waals surface area contributed by atoms with Gasteiger partial charge in [0.2, 0.25) is 0 Å². The van der Waals surface area contributed by atoms with E-state index in [1.165, 1.54) is 19.3 Å². The average Bonchev–Trinajstić information content (AvgIpc) is 2.45. The second-order valence-electron chi connectivity index (χ2n) is 5.42. The molecular formula is C15H31N3OS. The Kier molecular flexibility index (Phi) is 8.38. The molecule has 1 aliphatic carbocycles. The van der Waals surface area contributed by atoms with Crippen LogP contribution in [0.2, 0.25) is 0 Å². The Morgan fingerprint density at radius 1 is 1.30 bits per heavy atom. The van der Waals surface area contributed by atoms with Gasteiger partial charge in [0.1, 0.15) is 0 Å². The van der Waals surface area contributed by atoms with Gasteiger partial charge in [-0.05, 0) is 31.9 Å². The number of aliphatic imine (C=N–C) groups is 1. The van der Waals surface area contributed by atoms with Crippen LogP contribution in [0, 0.1) is 0 Å². The van der Waals surface area contributed by atoms with Crippen LogP contribution >= 0.6 is 11.8 Å². The van der Waals surface area contributed by atoms with Crippen molar-refractivity contribution in [3.8, 4) is 0 Å². The van der Waals surface area contributed by atoms with E-state index in [4.69, 9.17) is 0 Å². The molecule has 4 nitrogen and oxygen atoms in total. The largest absolute Gasteiger partial charge is 0.387 e. The minimum absolute atomic E-state index is 0.360. The molecule has 2 unspecified atom stereocenters. The van der Waals surface area contributed by atoms with Gasteiger partial charge in [0.25, 0.3) is 0 Å². The maximum absolute atomic E-state index is 10.5. The Morgan fingerprint density at radius 2 is 2.10 bits per heavy atom. The van der Waals surface area contributed by atoms with Crippen LogP contribution in [-0.4, -0.2) is 47.3 Å². The standard InChI is InChI=1S/C15H31N3OS/c1-4-7-8-11-17-14(16-5-2)18-12-15(19)10-9-13(15)20-6-3/h13,19H,4-12H2,1-3H3,(H2,16,17,18). The summed E-state index contributed by atoms with van der Waals surface area (Å²) < 4.78 is 0. The van der Waals surface area contributed by atoms with Gasteiger partial charge < -0.3 is 15.7 Å². The lowest BCUT2D eigenvalue weighted by Crippen LogP contribution is -2.53. The van der Waals surface area contributed by atoms with Crippen LogP contribution in [-0.2, 0) is 0 Å². The van der Waals surface area contributed by atoms with E-state index >= 15 is 0 Å². The van der Waals surface area contributed by atoms with Gasteiger partial charge in [-0.15, -0.1) is 0 Å². The number of unbranched alkanes of at least 4 members (excludes halogenated alkanes) is 2. The number of guanidine groups is 1. The zero-order valence-corrected chi connectivity index (χ0v) is 14.1. The minimum atomic E-state index is -0.591. The first kappa shape index (κ1) is 17.6. The van der Waals surface area contributed by atoms with Crippen molar-refractivity contribution in [1.82, 2.24) is 10.6 Å². The zero-order chi connectivity index (χ0) is 14.8. The second kappa shape index (κ2) is 9.50. The van der Waals surface area contributed by atoms with E-state index in [2.05, 4.69) is 36.4 Å². The lowest BCUT2D eigenvalue weighted by molar-refractivity contribution is -0.0154. The third-order valence-electron chi connectivity index (χ3n) is 3.73. The SMILES string of the molecule is CCCCCNC(=NCC1(O)CCC1SCC)NCC. The number of nitrogens with one attached hydrogen (secondary N) is 2. The summed E-state index contributed by atoms with van der Waals surface area (Å²) in [6, 6.07) is 0. The molecule has 0 aromatic rings. The summed E-state index contributed by atoms with van der Waals surface area (Å²) in [5.41, 5.74) is -0.591. The summed E-state index contributed by atoms with van der Waals surface area (Å²) in [5, 5.41) is 17.5. The van der Waals surface area contributed by atoms with E-state index < -0.39 is 5.60 Å². The molecule has 118 valence electrons. The van der Waals surface area contributed by atoms with E-state index in [1.807, 2.05) is 11.8 Å². The molecule has 0 aliphatic heterocycles. The van der Waals surface area contributed by atoms with Crippen LogP contribution < -0.4 is 10.6 Å². The van der Waals surface area contributed by atoms with Crippen molar-refractivity contribution in [2.24, 2.45) is 4.99 Å². The highest BCUT2D eigenvalue weighted by molar-refractivity contribution is 8.00. The average molecular weight is 302 g/mol. The van der Waals surface area contributed by atoms with E-state index in [9.17, 15) is 5.11 Å². The highest BCUT2D eigenvalue weighted by Gasteiger charge is 2.45. The van der Waals surface area contributed by atoms with Gasteiger partial charge in [-0.1, -0.05) is 26.7 Å². The van der Waals surface area contributed by atoms with Crippen LogP contribution in [0.3, 0.4) is 0 Å². The molecule has 1 aliphatic rings. The molecule has 3 N–H and O–H groups in total. The molecule has 20 heavy (non-hydrogen) atoms. The van der Waals surface area contributed by atoms with Crippen LogP contribution in [0.4, 0.5) is 0 Å². The number of rotatable bonds is 9. The normalized spacial score (nSPS) is 26.2. The molecule has 2 atom stereocenters. The maximum atomic E-state index is 10.5. The highest BCUT2D eigenvalue weighted by atomic mass is 32.2. The van der Waals surface area contributed by atoms with E-state index in [-0.39, 0.29) is 0 Å². The highest BCUT2D eigenvalue weighted by Crippen LogP contribution is 2.41. The lowest BCUT2D eigenvalue weighted by Gasteiger charge is -2.44. The van der Waals surface area contributed by atoms with Gasteiger partial charge in [0, 0.05) is 18.3 Å². The fraction of sp³-hybridized carbons (Fsp3) is 0.933. The predicted molar refractivity (Wildman–Crippen MR) is 89.6 cm³/mol.